The first kappa shape index (κ1) is 10.9. The third kappa shape index (κ3) is 2.64. The Bertz CT molecular complexity index is 423. The smallest absolute Gasteiger partial charge is 0.0991 e. The lowest BCUT2D eigenvalue weighted by atomic mass is 10.2. The van der Waals surface area contributed by atoms with Gasteiger partial charge in [-0.3, -0.25) is 0 Å². The van der Waals surface area contributed by atoms with E-state index in [9.17, 15) is 0 Å². The van der Waals surface area contributed by atoms with Crippen molar-refractivity contribution < 1.29 is 0 Å². The normalized spacial score (nSPS) is 8.60. The Morgan fingerprint density at radius 1 is 1.07 bits per heavy atom. The van der Waals surface area contributed by atoms with Crippen LogP contribution in [-0.2, 0) is 0 Å². The molecule has 0 radical (unpaired) electrons. The molecule has 0 bridgehead atoms. The van der Waals surface area contributed by atoms with Gasteiger partial charge in [0, 0.05) is 0 Å². The van der Waals surface area contributed by atoms with Gasteiger partial charge in [0.05, 0.1) is 29.7 Å². The minimum absolute atomic E-state index is 0.635. The molecule has 0 saturated heterocycles. The standard InChI is InChI=1S/C9H6N4.C2H6/c10-7-8-1-3-9(4-2-8)13-11-5-6-12-13;1-2/h1-6H;1-2H3. The van der Waals surface area contributed by atoms with Gasteiger partial charge in [-0.15, -0.1) is 0 Å². The summed E-state index contributed by atoms with van der Waals surface area (Å²) < 4.78 is 0. The summed E-state index contributed by atoms with van der Waals surface area (Å²) >= 11 is 0. The second-order valence-corrected chi connectivity index (χ2v) is 2.48. The van der Waals surface area contributed by atoms with E-state index in [1.165, 1.54) is 4.80 Å². The van der Waals surface area contributed by atoms with Gasteiger partial charge >= 0.3 is 0 Å². The zero-order valence-corrected chi connectivity index (χ0v) is 8.75. The highest BCUT2D eigenvalue weighted by atomic mass is 15.5. The molecule has 0 amide bonds. The zero-order valence-electron chi connectivity index (χ0n) is 8.75. The molecule has 0 unspecified atom stereocenters. The summed E-state index contributed by atoms with van der Waals surface area (Å²) in [6.45, 7) is 4.00. The van der Waals surface area contributed by atoms with Crippen molar-refractivity contribution in [1.29, 1.82) is 5.26 Å². The fraction of sp³-hybridized carbons (Fsp3) is 0.182. The zero-order chi connectivity index (χ0) is 11.1. The van der Waals surface area contributed by atoms with Crippen LogP contribution in [0.2, 0.25) is 0 Å². The largest absolute Gasteiger partial charge is 0.192 e. The molecule has 0 aliphatic carbocycles. The van der Waals surface area contributed by atoms with Crippen molar-refractivity contribution in [3.05, 3.63) is 42.2 Å². The molecule has 2 rings (SSSR count). The van der Waals surface area contributed by atoms with E-state index in [-0.39, 0.29) is 0 Å². The quantitative estimate of drug-likeness (QED) is 0.708. The van der Waals surface area contributed by atoms with Gasteiger partial charge in [0.25, 0.3) is 0 Å². The highest BCUT2D eigenvalue weighted by Gasteiger charge is 1.96. The lowest BCUT2D eigenvalue weighted by Gasteiger charge is -1.97. The number of nitrogens with zero attached hydrogens (tertiary/aromatic N) is 4. The van der Waals surface area contributed by atoms with Crippen LogP contribution >= 0.6 is 0 Å². The van der Waals surface area contributed by atoms with Crippen molar-refractivity contribution in [2.24, 2.45) is 0 Å². The molecule has 76 valence electrons. The van der Waals surface area contributed by atoms with Crippen LogP contribution < -0.4 is 0 Å². The maximum Gasteiger partial charge on any atom is 0.0991 e. The van der Waals surface area contributed by atoms with Gasteiger partial charge in [0.2, 0.25) is 0 Å². The average Bonchev–Trinajstić information content (AvgIpc) is 2.85. The molecule has 0 atom stereocenters. The van der Waals surface area contributed by atoms with Crippen LogP contribution in [-0.4, -0.2) is 15.0 Å². The summed E-state index contributed by atoms with van der Waals surface area (Å²) in [5.74, 6) is 0. The molecule has 0 aliphatic rings. The Labute approximate surface area is 88.8 Å². The van der Waals surface area contributed by atoms with Gasteiger partial charge in [-0.05, 0) is 24.3 Å². The molecule has 1 heterocycles. The Balaban J connectivity index is 0.000000531. The summed E-state index contributed by atoms with van der Waals surface area (Å²) in [6, 6.07) is 9.13. The first-order chi connectivity index (χ1) is 7.40. The fourth-order valence-electron chi connectivity index (χ4n) is 1.02. The van der Waals surface area contributed by atoms with Crippen molar-refractivity contribution >= 4 is 0 Å². The molecule has 0 N–H and O–H groups in total. The van der Waals surface area contributed by atoms with E-state index in [0.29, 0.717) is 5.56 Å². The molecule has 0 saturated carbocycles. The molecule has 1 aromatic heterocycles. The van der Waals surface area contributed by atoms with Crippen LogP contribution in [0.3, 0.4) is 0 Å². The SMILES string of the molecule is CC.N#Cc1ccc(-n2nccn2)cc1. The lowest BCUT2D eigenvalue weighted by molar-refractivity contribution is 0.752. The predicted octanol–water partition coefficient (Wildman–Crippen LogP) is 2.17. The van der Waals surface area contributed by atoms with E-state index in [1.807, 2.05) is 19.9 Å². The molecular weight excluding hydrogens is 188 g/mol. The Hall–Kier alpha value is -2.15. The summed E-state index contributed by atoms with van der Waals surface area (Å²) in [6.07, 6.45) is 3.22. The fourth-order valence-corrected chi connectivity index (χ4v) is 1.02. The Kier molecular flexibility index (Phi) is 4.05. The van der Waals surface area contributed by atoms with Crippen molar-refractivity contribution in [2.45, 2.75) is 13.8 Å². The predicted molar refractivity (Wildman–Crippen MR) is 57.4 cm³/mol. The molecule has 15 heavy (non-hydrogen) atoms. The van der Waals surface area contributed by atoms with Crippen LogP contribution in [0.4, 0.5) is 0 Å². The first-order valence-corrected chi connectivity index (χ1v) is 4.77. The number of aromatic nitrogens is 3. The molecular formula is C11H12N4. The van der Waals surface area contributed by atoms with Crippen molar-refractivity contribution in [3.8, 4) is 11.8 Å². The summed E-state index contributed by atoms with van der Waals surface area (Å²) in [4.78, 5) is 1.50. The van der Waals surface area contributed by atoms with Gasteiger partial charge in [-0.25, -0.2) is 0 Å². The van der Waals surface area contributed by atoms with E-state index in [0.717, 1.165) is 5.69 Å². The van der Waals surface area contributed by atoms with Gasteiger partial charge in [-0.1, -0.05) is 13.8 Å². The number of nitriles is 1. The maximum atomic E-state index is 8.57. The van der Waals surface area contributed by atoms with E-state index < -0.39 is 0 Å². The topological polar surface area (TPSA) is 54.5 Å². The number of benzene rings is 1. The highest BCUT2D eigenvalue weighted by molar-refractivity contribution is 5.37. The van der Waals surface area contributed by atoms with Gasteiger partial charge in [-0.2, -0.15) is 20.3 Å². The molecule has 1 aromatic carbocycles. The molecule has 0 fully saturated rings. The second kappa shape index (κ2) is 5.55. The summed E-state index contributed by atoms with van der Waals surface area (Å²) in [5, 5.41) is 16.5. The van der Waals surface area contributed by atoms with Crippen LogP contribution in [0.25, 0.3) is 5.69 Å². The lowest BCUT2D eigenvalue weighted by Crippen LogP contribution is -1.97. The summed E-state index contributed by atoms with van der Waals surface area (Å²) in [7, 11) is 0. The van der Waals surface area contributed by atoms with Crippen LogP contribution in [0, 0.1) is 11.3 Å². The minimum Gasteiger partial charge on any atom is -0.192 e. The molecule has 2 aromatic rings. The minimum atomic E-state index is 0.635. The average molecular weight is 200 g/mol. The van der Waals surface area contributed by atoms with E-state index >= 15 is 0 Å². The van der Waals surface area contributed by atoms with Crippen molar-refractivity contribution in [1.82, 2.24) is 15.0 Å². The number of rotatable bonds is 1. The van der Waals surface area contributed by atoms with E-state index in [1.54, 1.807) is 36.7 Å². The maximum absolute atomic E-state index is 8.57. The van der Waals surface area contributed by atoms with Gasteiger partial charge in [0.15, 0.2) is 0 Å². The number of hydrogen-bond donors (Lipinski definition) is 0. The Morgan fingerprint density at radius 3 is 2.07 bits per heavy atom. The Morgan fingerprint density at radius 2 is 1.60 bits per heavy atom. The first-order valence-electron chi connectivity index (χ1n) is 4.77. The van der Waals surface area contributed by atoms with Crippen LogP contribution in [0.5, 0.6) is 0 Å². The third-order valence-electron chi connectivity index (χ3n) is 1.65. The van der Waals surface area contributed by atoms with Gasteiger partial charge in [0.1, 0.15) is 0 Å². The second-order valence-electron chi connectivity index (χ2n) is 2.48. The summed E-state index contributed by atoms with van der Waals surface area (Å²) in [5.41, 5.74) is 1.49. The van der Waals surface area contributed by atoms with E-state index in [4.69, 9.17) is 5.26 Å². The monoisotopic (exact) mass is 200 g/mol. The van der Waals surface area contributed by atoms with Crippen LogP contribution in [0.15, 0.2) is 36.7 Å². The van der Waals surface area contributed by atoms with Crippen molar-refractivity contribution in [3.63, 3.8) is 0 Å². The molecule has 0 aliphatic heterocycles. The molecule has 4 heteroatoms. The van der Waals surface area contributed by atoms with Crippen molar-refractivity contribution in [2.75, 3.05) is 0 Å². The van der Waals surface area contributed by atoms with Crippen LogP contribution in [0.1, 0.15) is 19.4 Å². The van der Waals surface area contributed by atoms with E-state index in [2.05, 4.69) is 10.2 Å². The number of hydrogen-bond acceptors (Lipinski definition) is 3. The third-order valence-corrected chi connectivity index (χ3v) is 1.65. The molecule has 0 spiro atoms. The highest BCUT2D eigenvalue weighted by Crippen LogP contribution is 2.05. The van der Waals surface area contributed by atoms with Gasteiger partial charge < -0.3 is 0 Å². The molecule has 4 nitrogen and oxygen atoms in total.